The van der Waals surface area contributed by atoms with Crippen LogP contribution in [0.2, 0.25) is 0 Å². The summed E-state index contributed by atoms with van der Waals surface area (Å²) in [6.45, 7) is 3.09. The maximum Gasteiger partial charge on any atom is 0.0295 e. The Labute approximate surface area is 223 Å². The molecule has 0 bridgehead atoms. The summed E-state index contributed by atoms with van der Waals surface area (Å²) in [5, 5.41) is 14.2. The van der Waals surface area contributed by atoms with Gasteiger partial charge in [0.05, 0.1) is 0 Å². The first kappa shape index (κ1) is 22.7. The van der Waals surface area contributed by atoms with Crippen molar-refractivity contribution in [2.75, 3.05) is 0 Å². The quantitative estimate of drug-likeness (QED) is 0.238. The summed E-state index contributed by atoms with van der Waals surface area (Å²) in [6.07, 6.45) is 0. The molecule has 0 amide bonds. The van der Waals surface area contributed by atoms with E-state index in [0.29, 0.717) is 0 Å². The Bertz CT molecular complexity index is 1900. The second-order valence-corrected chi connectivity index (χ2v) is 10.3. The van der Waals surface area contributed by atoms with Crippen molar-refractivity contribution in [1.29, 1.82) is 0 Å². The molecule has 182 valence electrons. The summed E-state index contributed by atoms with van der Waals surface area (Å²) >= 11 is 0. The lowest BCUT2D eigenvalue weighted by molar-refractivity contribution is 0.575. The van der Waals surface area contributed by atoms with Gasteiger partial charge in [0, 0.05) is 12.6 Å². The van der Waals surface area contributed by atoms with E-state index in [0.717, 1.165) is 6.54 Å². The minimum Gasteiger partial charge on any atom is -0.306 e. The lowest BCUT2D eigenvalue weighted by Gasteiger charge is -2.17. The van der Waals surface area contributed by atoms with Gasteiger partial charge in [-0.3, -0.25) is 0 Å². The lowest BCUT2D eigenvalue weighted by atomic mass is 9.92. The molecule has 0 aromatic heterocycles. The van der Waals surface area contributed by atoms with Crippen LogP contribution in [0.25, 0.3) is 54.2 Å². The first-order valence-electron chi connectivity index (χ1n) is 13.4. The molecule has 0 fully saturated rings. The van der Waals surface area contributed by atoms with Gasteiger partial charge in [-0.15, -0.1) is 0 Å². The standard InChI is InChI=1S/C37H29N/c1-25(38-24-26-14-16-28(17-15-26)31-19-18-27-8-2-3-9-30(27)22-31)29-20-21-36-34-12-5-4-10-32(34)33-11-6-7-13-35(33)37(36)23-29/h2-23,25,38H,24H2,1H3. The minimum absolute atomic E-state index is 0.241. The molecule has 0 radical (unpaired) electrons. The van der Waals surface area contributed by atoms with Gasteiger partial charge in [0.1, 0.15) is 0 Å². The van der Waals surface area contributed by atoms with E-state index in [1.807, 2.05) is 0 Å². The summed E-state index contributed by atoms with van der Waals surface area (Å²) in [5.74, 6) is 0. The molecule has 0 heterocycles. The highest BCUT2D eigenvalue weighted by molar-refractivity contribution is 6.25. The average molecular weight is 488 g/mol. The fraction of sp³-hybridized carbons (Fsp3) is 0.0811. The van der Waals surface area contributed by atoms with Crippen molar-refractivity contribution in [3.8, 4) is 11.1 Å². The second kappa shape index (κ2) is 9.45. The smallest absolute Gasteiger partial charge is 0.0295 e. The molecule has 0 saturated heterocycles. The molecule has 1 unspecified atom stereocenters. The van der Waals surface area contributed by atoms with Crippen molar-refractivity contribution in [3.05, 3.63) is 145 Å². The molecule has 7 aromatic carbocycles. The van der Waals surface area contributed by atoms with Crippen LogP contribution in [0.5, 0.6) is 0 Å². The van der Waals surface area contributed by atoms with Gasteiger partial charge in [-0.05, 0) is 84.4 Å². The molecule has 0 aliphatic rings. The highest BCUT2D eigenvalue weighted by Crippen LogP contribution is 2.36. The summed E-state index contributed by atoms with van der Waals surface area (Å²) in [5.41, 5.74) is 5.11. The third-order valence-corrected chi connectivity index (χ3v) is 7.92. The van der Waals surface area contributed by atoms with Crippen molar-refractivity contribution in [3.63, 3.8) is 0 Å². The van der Waals surface area contributed by atoms with E-state index >= 15 is 0 Å². The zero-order valence-corrected chi connectivity index (χ0v) is 21.5. The zero-order chi connectivity index (χ0) is 25.5. The van der Waals surface area contributed by atoms with Crippen molar-refractivity contribution < 1.29 is 0 Å². The van der Waals surface area contributed by atoms with E-state index in [4.69, 9.17) is 0 Å². The largest absolute Gasteiger partial charge is 0.306 e. The first-order valence-corrected chi connectivity index (χ1v) is 13.4. The van der Waals surface area contributed by atoms with Gasteiger partial charge in [0.2, 0.25) is 0 Å². The zero-order valence-electron chi connectivity index (χ0n) is 21.5. The van der Waals surface area contributed by atoms with Gasteiger partial charge in [-0.25, -0.2) is 0 Å². The summed E-state index contributed by atoms with van der Waals surface area (Å²) in [6, 6.07) is 48.9. The molecule has 0 spiro atoms. The van der Waals surface area contributed by atoms with E-state index in [1.165, 1.54) is 65.3 Å². The predicted molar refractivity (Wildman–Crippen MR) is 164 cm³/mol. The Kier molecular flexibility index (Phi) is 5.65. The number of fused-ring (bicyclic) bond motifs is 7. The van der Waals surface area contributed by atoms with E-state index < -0.39 is 0 Å². The maximum absolute atomic E-state index is 3.75. The molecular formula is C37H29N. The first-order chi connectivity index (χ1) is 18.7. The van der Waals surface area contributed by atoms with Crippen molar-refractivity contribution in [2.45, 2.75) is 19.5 Å². The highest BCUT2D eigenvalue weighted by Gasteiger charge is 2.11. The number of nitrogens with one attached hydrogen (secondary N) is 1. The van der Waals surface area contributed by atoms with E-state index in [-0.39, 0.29) is 6.04 Å². The monoisotopic (exact) mass is 487 g/mol. The van der Waals surface area contributed by atoms with Crippen LogP contribution in [0.15, 0.2) is 133 Å². The van der Waals surface area contributed by atoms with Gasteiger partial charge < -0.3 is 5.32 Å². The summed E-state index contributed by atoms with van der Waals surface area (Å²) in [4.78, 5) is 0. The summed E-state index contributed by atoms with van der Waals surface area (Å²) in [7, 11) is 0. The van der Waals surface area contributed by atoms with Crippen molar-refractivity contribution in [1.82, 2.24) is 5.32 Å². The maximum atomic E-state index is 3.75. The topological polar surface area (TPSA) is 12.0 Å². The van der Waals surface area contributed by atoms with Crippen LogP contribution in [0.3, 0.4) is 0 Å². The van der Waals surface area contributed by atoms with Crippen molar-refractivity contribution >= 4 is 43.1 Å². The van der Waals surface area contributed by atoms with Gasteiger partial charge in [-0.1, -0.05) is 121 Å². The lowest BCUT2D eigenvalue weighted by Crippen LogP contribution is -2.18. The highest BCUT2D eigenvalue weighted by atomic mass is 14.9. The molecule has 1 atom stereocenters. The fourth-order valence-electron chi connectivity index (χ4n) is 5.77. The van der Waals surface area contributed by atoms with E-state index in [9.17, 15) is 0 Å². The summed E-state index contributed by atoms with van der Waals surface area (Å²) < 4.78 is 0. The van der Waals surface area contributed by atoms with E-state index in [2.05, 4.69) is 146 Å². The van der Waals surface area contributed by atoms with Crippen LogP contribution in [-0.4, -0.2) is 0 Å². The molecule has 38 heavy (non-hydrogen) atoms. The van der Waals surface area contributed by atoms with Crippen LogP contribution in [0, 0.1) is 0 Å². The van der Waals surface area contributed by atoms with Crippen LogP contribution < -0.4 is 5.32 Å². The molecule has 0 saturated carbocycles. The van der Waals surface area contributed by atoms with Crippen LogP contribution in [0.4, 0.5) is 0 Å². The molecule has 0 aliphatic heterocycles. The van der Waals surface area contributed by atoms with Crippen LogP contribution >= 0.6 is 0 Å². The van der Waals surface area contributed by atoms with Gasteiger partial charge >= 0.3 is 0 Å². The Balaban J connectivity index is 1.14. The molecule has 1 nitrogen and oxygen atoms in total. The number of benzene rings is 7. The average Bonchev–Trinajstić information content (AvgIpc) is 3.00. The number of hydrogen-bond donors (Lipinski definition) is 1. The van der Waals surface area contributed by atoms with Crippen LogP contribution in [-0.2, 0) is 6.54 Å². The molecule has 1 N–H and O–H groups in total. The molecule has 1 heteroatoms. The molecule has 7 aromatic rings. The SMILES string of the molecule is CC(NCc1ccc(-c2ccc3ccccc3c2)cc1)c1ccc2c3ccccc3c3ccccc3c2c1. The predicted octanol–water partition coefficient (Wildman–Crippen LogP) is 9.82. The van der Waals surface area contributed by atoms with Gasteiger partial charge in [-0.2, -0.15) is 0 Å². The number of rotatable bonds is 5. The Morgan fingerprint density at radius 2 is 1.03 bits per heavy atom. The van der Waals surface area contributed by atoms with Crippen LogP contribution in [0.1, 0.15) is 24.1 Å². The molecular weight excluding hydrogens is 458 g/mol. The second-order valence-electron chi connectivity index (χ2n) is 10.3. The third kappa shape index (κ3) is 4.02. The normalized spacial score (nSPS) is 12.4. The molecule has 0 aliphatic carbocycles. The Morgan fingerprint density at radius 1 is 0.474 bits per heavy atom. The minimum atomic E-state index is 0.241. The third-order valence-electron chi connectivity index (χ3n) is 7.92. The van der Waals surface area contributed by atoms with Crippen molar-refractivity contribution in [2.24, 2.45) is 0 Å². The Hall–Kier alpha value is -4.46. The van der Waals surface area contributed by atoms with Gasteiger partial charge in [0.25, 0.3) is 0 Å². The Morgan fingerprint density at radius 3 is 1.71 bits per heavy atom. The van der Waals surface area contributed by atoms with Gasteiger partial charge in [0.15, 0.2) is 0 Å². The number of hydrogen-bond acceptors (Lipinski definition) is 1. The van der Waals surface area contributed by atoms with E-state index in [1.54, 1.807) is 0 Å². The molecule has 7 rings (SSSR count). The fourth-order valence-corrected chi connectivity index (χ4v) is 5.77.